The predicted octanol–water partition coefficient (Wildman–Crippen LogP) is 4.23. The van der Waals surface area contributed by atoms with Crippen LogP contribution in [0.1, 0.15) is 19.4 Å². The van der Waals surface area contributed by atoms with E-state index in [0.717, 1.165) is 5.57 Å². The molecule has 0 spiro atoms. The van der Waals surface area contributed by atoms with Crippen molar-refractivity contribution in [2.45, 2.75) is 13.8 Å². The molecule has 20 heavy (non-hydrogen) atoms. The molecule has 0 fully saturated rings. The smallest absolute Gasteiger partial charge is 0.154 e. The molecule has 0 bridgehead atoms. The lowest BCUT2D eigenvalue weighted by molar-refractivity contribution is 0.621. The fourth-order valence-electron chi connectivity index (χ4n) is 1.99. The number of nitrogens with two attached hydrogens (primary N) is 1. The van der Waals surface area contributed by atoms with Crippen molar-refractivity contribution in [1.29, 1.82) is 0 Å². The van der Waals surface area contributed by atoms with Gasteiger partial charge >= 0.3 is 0 Å². The van der Waals surface area contributed by atoms with Crippen LogP contribution in [-0.4, -0.2) is 6.54 Å². The van der Waals surface area contributed by atoms with Crippen LogP contribution in [0.5, 0.6) is 0 Å². The van der Waals surface area contributed by atoms with Crippen LogP contribution in [-0.2, 0) is 0 Å². The Morgan fingerprint density at radius 1 is 1.45 bits per heavy atom. The highest BCUT2D eigenvalue weighted by Gasteiger charge is 2.16. The third-order valence-electron chi connectivity index (χ3n) is 3.02. The van der Waals surface area contributed by atoms with Gasteiger partial charge < -0.3 is 10.6 Å². The molecule has 0 radical (unpaired) electrons. The normalized spacial score (nSPS) is 11.7. The van der Waals surface area contributed by atoms with Crippen LogP contribution in [0.4, 0.5) is 10.1 Å². The van der Waals surface area contributed by atoms with Crippen molar-refractivity contribution in [1.82, 2.24) is 0 Å². The molecule has 0 aliphatic carbocycles. The standard InChI is InChI=1S/C17H21FN2/c1-5-9-15(12-19)13(4)20(7-3)16-11-8-10-14(6-2)17(16)18/h5-6,8-12H,2,4,7,19H2,1,3H3/b9-5-,15-12+. The number of rotatable bonds is 6. The summed E-state index contributed by atoms with van der Waals surface area (Å²) in [7, 11) is 0. The lowest BCUT2D eigenvalue weighted by Gasteiger charge is -2.27. The van der Waals surface area contributed by atoms with E-state index in [1.54, 1.807) is 23.1 Å². The van der Waals surface area contributed by atoms with Crippen LogP contribution in [0.15, 0.2) is 61.0 Å². The molecule has 1 aromatic carbocycles. The Morgan fingerprint density at radius 2 is 2.15 bits per heavy atom. The molecule has 1 rings (SSSR count). The van der Waals surface area contributed by atoms with Crippen LogP contribution in [0.2, 0.25) is 0 Å². The maximum absolute atomic E-state index is 14.4. The van der Waals surface area contributed by atoms with Gasteiger partial charge in [0.15, 0.2) is 5.82 Å². The third-order valence-corrected chi connectivity index (χ3v) is 3.02. The Bertz CT molecular complexity index is 556. The lowest BCUT2D eigenvalue weighted by Crippen LogP contribution is -2.23. The predicted molar refractivity (Wildman–Crippen MR) is 85.7 cm³/mol. The van der Waals surface area contributed by atoms with Gasteiger partial charge in [-0.3, -0.25) is 0 Å². The average Bonchev–Trinajstić information content (AvgIpc) is 2.47. The van der Waals surface area contributed by atoms with Crippen LogP contribution < -0.4 is 10.6 Å². The molecule has 0 aromatic heterocycles. The molecule has 2 N–H and O–H groups in total. The van der Waals surface area contributed by atoms with Gasteiger partial charge in [0.05, 0.1) is 5.69 Å². The van der Waals surface area contributed by atoms with E-state index in [1.165, 1.54) is 12.3 Å². The number of allylic oxidation sites excluding steroid dienone is 2. The summed E-state index contributed by atoms with van der Waals surface area (Å²) < 4.78 is 14.4. The van der Waals surface area contributed by atoms with Gasteiger partial charge in [-0.25, -0.2) is 4.39 Å². The van der Waals surface area contributed by atoms with E-state index in [0.29, 0.717) is 23.5 Å². The van der Waals surface area contributed by atoms with Gasteiger partial charge in [0.25, 0.3) is 0 Å². The van der Waals surface area contributed by atoms with E-state index in [9.17, 15) is 4.39 Å². The van der Waals surface area contributed by atoms with E-state index >= 15 is 0 Å². The van der Waals surface area contributed by atoms with Crippen LogP contribution in [0.3, 0.4) is 0 Å². The molecule has 2 nitrogen and oxygen atoms in total. The van der Waals surface area contributed by atoms with Crippen molar-refractivity contribution in [2.24, 2.45) is 5.73 Å². The fourth-order valence-corrected chi connectivity index (χ4v) is 1.99. The summed E-state index contributed by atoms with van der Waals surface area (Å²) in [5, 5.41) is 0. The van der Waals surface area contributed by atoms with Crippen molar-refractivity contribution in [3.63, 3.8) is 0 Å². The van der Waals surface area contributed by atoms with Gasteiger partial charge in [0.2, 0.25) is 0 Å². The maximum atomic E-state index is 14.4. The van der Waals surface area contributed by atoms with Gasteiger partial charge in [0.1, 0.15) is 0 Å². The minimum absolute atomic E-state index is 0.303. The monoisotopic (exact) mass is 272 g/mol. The molecular weight excluding hydrogens is 251 g/mol. The van der Waals surface area contributed by atoms with Gasteiger partial charge in [0, 0.05) is 29.6 Å². The topological polar surface area (TPSA) is 29.3 Å². The van der Waals surface area contributed by atoms with Crippen LogP contribution in [0.25, 0.3) is 6.08 Å². The molecule has 0 saturated heterocycles. The number of hydrogen-bond donors (Lipinski definition) is 1. The molecule has 0 aliphatic heterocycles. The zero-order valence-electron chi connectivity index (χ0n) is 12.1. The number of halogens is 1. The zero-order valence-corrected chi connectivity index (χ0v) is 12.1. The zero-order chi connectivity index (χ0) is 15.1. The number of benzene rings is 1. The number of hydrogen-bond acceptors (Lipinski definition) is 2. The Morgan fingerprint density at radius 3 is 2.65 bits per heavy atom. The minimum atomic E-state index is -0.303. The van der Waals surface area contributed by atoms with Crippen LogP contribution in [0, 0.1) is 5.82 Å². The first-order valence-corrected chi connectivity index (χ1v) is 6.53. The van der Waals surface area contributed by atoms with Crippen molar-refractivity contribution in [2.75, 3.05) is 11.4 Å². The molecule has 0 unspecified atom stereocenters. The Balaban J connectivity index is 3.27. The van der Waals surface area contributed by atoms with Crippen molar-refractivity contribution in [3.8, 4) is 0 Å². The Kier molecular flexibility index (Phi) is 5.78. The van der Waals surface area contributed by atoms with E-state index in [-0.39, 0.29) is 5.82 Å². The molecule has 0 heterocycles. The summed E-state index contributed by atoms with van der Waals surface area (Å²) >= 11 is 0. The van der Waals surface area contributed by atoms with E-state index in [1.807, 2.05) is 26.0 Å². The summed E-state index contributed by atoms with van der Waals surface area (Å²) in [6.45, 7) is 12.1. The minimum Gasteiger partial charge on any atom is -0.404 e. The van der Waals surface area contributed by atoms with E-state index in [4.69, 9.17) is 5.73 Å². The van der Waals surface area contributed by atoms with Crippen molar-refractivity contribution >= 4 is 11.8 Å². The highest BCUT2D eigenvalue weighted by molar-refractivity contribution is 5.64. The molecular formula is C17H21FN2. The second-order valence-electron chi connectivity index (χ2n) is 4.20. The summed E-state index contributed by atoms with van der Waals surface area (Å²) in [4.78, 5) is 1.79. The quantitative estimate of drug-likeness (QED) is 0.785. The number of likely N-dealkylation sites (N-methyl/N-ethyl adjacent to an activating group) is 1. The SMILES string of the molecule is C=Cc1cccc(N(CC)C(=C)C(/C=C\C)=C/N)c1F. The Hall–Kier alpha value is -2.29. The summed E-state index contributed by atoms with van der Waals surface area (Å²) in [6, 6.07) is 5.21. The van der Waals surface area contributed by atoms with Gasteiger partial charge in [-0.1, -0.05) is 43.5 Å². The van der Waals surface area contributed by atoms with Gasteiger partial charge in [-0.15, -0.1) is 0 Å². The molecule has 106 valence electrons. The molecule has 3 heteroatoms. The fraction of sp³-hybridized carbons (Fsp3) is 0.176. The van der Waals surface area contributed by atoms with E-state index < -0.39 is 0 Å². The van der Waals surface area contributed by atoms with Crippen molar-refractivity contribution < 1.29 is 4.39 Å². The first-order chi connectivity index (χ1) is 9.60. The molecule has 0 aliphatic rings. The molecule has 0 amide bonds. The van der Waals surface area contributed by atoms with Crippen molar-refractivity contribution in [3.05, 3.63) is 72.4 Å². The molecule has 1 aromatic rings. The average molecular weight is 272 g/mol. The third kappa shape index (κ3) is 3.18. The summed E-state index contributed by atoms with van der Waals surface area (Å²) in [5.74, 6) is -0.303. The molecule has 0 atom stereocenters. The highest BCUT2D eigenvalue weighted by atomic mass is 19.1. The first kappa shape index (κ1) is 15.8. The summed E-state index contributed by atoms with van der Waals surface area (Å²) in [6.07, 6.45) is 6.69. The second-order valence-corrected chi connectivity index (χ2v) is 4.20. The number of nitrogens with zero attached hydrogens (tertiary/aromatic N) is 1. The Labute approximate surface area is 120 Å². The summed E-state index contributed by atoms with van der Waals surface area (Å²) in [5.41, 5.74) is 7.98. The second kappa shape index (κ2) is 7.34. The number of anilines is 1. The van der Waals surface area contributed by atoms with Crippen LogP contribution >= 0.6 is 0 Å². The lowest BCUT2D eigenvalue weighted by atomic mass is 10.1. The van der Waals surface area contributed by atoms with E-state index in [2.05, 4.69) is 13.2 Å². The van der Waals surface area contributed by atoms with Gasteiger partial charge in [-0.05, 0) is 19.9 Å². The maximum Gasteiger partial charge on any atom is 0.154 e. The first-order valence-electron chi connectivity index (χ1n) is 6.53. The van der Waals surface area contributed by atoms with Gasteiger partial charge in [-0.2, -0.15) is 0 Å². The molecule has 0 saturated carbocycles. The largest absolute Gasteiger partial charge is 0.404 e. The highest BCUT2D eigenvalue weighted by Crippen LogP contribution is 2.28.